The number of aromatic nitrogens is 2. The van der Waals surface area contributed by atoms with E-state index in [-0.39, 0.29) is 11.5 Å². The average Bonchev–Trinajstić information content (AvgIpc) is 3.06. The molecule has 2 heterocycles. The molecule has 1 amide bonds. The highest BCUT2D eigenvalue weighted by Crippen LogP contribution is 2.36. The molecule has 0 saturated carbocycles. The fourth-order valence-corrected chi connectivity index (χ4v) is 5.93. The van der Waals surface area contributed by atoms with Crippen molar-refractivity contribution in [3.63, 3.8) is 0 Å². The predicted octanol–water partition coefficient (Wildman–Crippen LogP) is 4.96. The fraction of sp³-hybridized carbons (Fsp3) is 0.458. The van der Waals surface area contributed by atoms with Crippen LogP contribution in [0.3, 0.4) is 0 Å². The van der Waals surface area contributed by atoms with E-state index in [4.69, 9.17) is 4.98 Å². The van der Waals surface area contributed by atoms with Crippen LogP contribution in [0.1, 0.15) is 60.6 Å². The first-order valence-corrected chi connectivity index (χ1v) is 11.6. The smallest absolute Gasteiger partial charge is 0.263 e. The quantitative estimate of drug-likeness (QED) is 0.645. The van der Waals surface area contributed by atoms with Crippen LogP contribution in [0.2, 0.25) is 0 Å². The molecular formula is C24H29N3O2S. The summed E-state index contributed by atoms with van der Waals surface area (Å²) < 4.78 is 1.56. The number of rotatable bonds is 4. The molecule has 0 aliphatic heterocycles. The summed E-state index contributed by atoms with van der Waals surface area (Å²) in [6.07, 6.45) is 3.85. The molecule has 0 radical (unpaired) electrons. The third-order valence-electron chi connectivity index (χ3n) is 6.29. The highest BCUT2D eigenvalue weighted by atomic mass is 32.1. The first kappa shape index (κ1) is 20.8. The molecule has 2 atom stereocenters. The average molecular weight is 424 g/mol. The van der Waals surface area contributed by atoms with E-state index < -0.39 is 6.04 Å². The van der Waals surface area contributed by atoms with Gasteiger partial charge in [-0.15, -0.1) is 11.3 Å². The molecule has 1 aromatic carbocycles. The fourth-order valence-electron chi connectivity index (χ4n) is 4.51. The first-order chi connectivity index (χ1) is 14.3. The molecule has 0 bridgehead atoms. The second-order valence-corrected chi connectivity index (χ2v) is 9.58. The van der Waals surface area contributed by atoms with Gasteiger partial charge in [-0.2, -0.15) is 0 Å². The molecule has 30 heavy (non-hydrogen) atoms. The van der Waals surface area contributed by atoms with Gasteiger partial charge in [-0.1, -0.05) is 32.0 Å². The summed E-state index contributed by atoms with van der Waals surface area (Å²) >= 11 is 1.65. The summed E-state index contributed by atoms with van der Waals surface area (Å²) in [7, 11) is 0. The number of thiophene rings is 1. The van der Waals surface area contributed by atoms with Crippen LogP contribution in [0, 0.1) is 19.8 Å². The van der Waals surface area contributed by atoms with Gasteiger partial charge in [0.2, 0.25) is 5.91 Å². The van der Waals surface area contributed by atoms with Crippen molar-refractivity contribution in [2.75, 3.05) is 5.32 Å². The number of anilines is 1. The molecule has 0 fully saturated rings. The number of nitrogens with zero attached hydrogens (tertiary/aromatic N) is 2. The summed E-state index contributed by atoms with van der Waals surface area (Å²) in [6.45, 7) is 9.91. The number of benzene rings is 1. The van der Waals surface area contributed by atoms with Crippen molar-refractivity contribution >= 4 is 33.1 Å². The van der Waals surface area contributed by atoms with E-state index >= 15 is 0 Å². The van der Waals surface area contributed by atoms with Crippen molar-refractivity contribution in [3.05, 3.63) is 55.9 Å². The van der Waals surface area contributed by atoms with Crippen molar-refractivity contribution in [2.45, 2.75) is 66.3 Å². The van der Waals surface area contributed by atoms with Gasteiger partial charge < -0.3 is 5.32 Å². The van der Waals surface area contributed by atoms with Gasteiger partial charge in [0.1, 0.15) is 16.7 Å². The monoisotopic (exact) mass is 423 g/mol. The molecule has 1 aliphatic rings. The number of carbonyl (C=O) groups excluding carboxylic acids is 1. The number of nitrogens with one attached hydrogen (secondary N) is 1. The van der Waals surface area contributed by atoms with Gasteiger partial charge in [-0.05, 0) is 69.1 Å². The third-order valence-corrected chi connectivity index (χ3v) is 7.44. The first-order valence-electron chi connectivity index (χ1n) is 10.7. The van der Waals surface area contributed by atoms with Gasteiger partial charge in [-0.3, -0.25) is 14.2 Å². The lowest BCUT2D eigenvalue weighted by molar-refractivity contribution is -0.118. The van der Waals surface area contributed by atoms with E-state index in [0.29, 0.717) is 11.7 Å². The minimum Gasteiger partial charge on any atom is -0.324 e. The van der Waals surface area contributed by atoms with E-state index in [9.17, 15) is 9.59 Å². The van der Waals surface area contributed by atoms with Crippen LogP contribution in [0.5, 0.6) is 0 Å². The van der Waals surface area contributed by atoms with Crippen LogP contribution < -0.4 is 10.9 Å². The van der Waals surface area contributed by atoms with Crippen molar-refractivity contribution in [3.8, 4) is 0 Å². The highest BCUT2D eigenvalue weighted by molar-refractivity contribution is 7.18. The minimum absolute atomic E-state index is 0.0901. The Balaban J connectivity index is 1.74. The molecule has 0 saturated heterocycles. The minimum atomic E-state index is -0.642. The van der Waals surface area contributed by atoms with E-state index in [1.54, 1.807) is 22.8 Å². The lowest BCUT2D eigenvalue weighted by Crippen LogP contribution is -2.34. The maximum absolute atomic E-state index is 13.5. The number of hydrogen-bond donors (Lipinski definition) is 1. The van der Waals surface area contributed by atoms with Crippen molar-refractivity contribution in [1.29, 1.82) is 0 Å². The maximum atomic E-state index is 13.5. The molecule has 5 nitrogen and oxygen atoms in total. The lowest BCUT2D eigenvalue weighted by atomic mass is 9.89. The second-order valence-electron chi connectivity index (χ2n) is 8.49. The second kappa shape index (κ2) is 7.99. The lowest BCUT2D eigenvalue weighted by Gasteiger charge is -2.20. The Hall–Kier alpha value is -2.47. The van der Waals surface area contributed by atoms with Gasteiger partial charge >= 0.3 is 0 Å². The van der Waals surface area contributed by atoms with E-state index in [1.807, 2.05) is 32.0 Å². The van der Waals surface area contributed by atoms with E-state index in [0.717, 1.165) is 58.3 Å². The molecule has 2 aromatic heterocycles. The Labute approximate surface area is 181 Å². The van der Waals surface area contributed by atoms with E-state index in [1.165, 1.54) is 4.88 Å². The number of amides is 1. The SMILES string of the molecule is CCc1cccc(C)c1NC(=O)C(C)n1c(C)nc2sc3c(c2c1=O)CCC(C)C3. The topological polar surface area (TPSA) is 64.0 Å². The van der Waals surface area contributed by atoms with Crippen LogP contribution in [-0.2, 0) is 24.1 Å². The maximum Gasteiger partial charge on any atom is 0.263 e. The van der Waals surface area contributed by atoms with Crippen LogP contribution in [0.25, 0.3) is 10.2 Å². The number of para-hydroxylation sites is 1. The normalized spacial score (nSPS) is 17.0. The molecule has 3 aromatic rings. The summed E-state index contributed by atoms with van der Waals surface area (Å²) in [6, 6.07) is 5.37. The van der Waals surface area contributed by atoms with Crippen molar-refractivity contribution < 1.29 is 4.79 Å². The van der Waals surface area contributed by atoms with Crippen molar-refractivity contribution in [1.82, 2.24) is 9.55 Å². The summed E-state index contributed by atoms with van der Waals surface area (Å²) in [5.74, 6) is 1.03. The molecule has 0 spiro atoms. The zero-order valence-electron chi connectivity index (χ0n) is 18.3. The van der Waals surface area contributed by atoms with Crippen molar-refractivity contribution in [2.24, 2.45) is 5.92 Å². The molecule has 158 valence electrons. The third kappa shape index (κ3) is 3.47. The largest absolute Gasteiger partial charge is 0.324 e. The summed E-state index contributed by atoms with van der Waals surface area (Å²) in [5.41, 5.74) is 4.02. The Morgan fingerprint density at radius 3 is 2.87 bits per heavy atom. The van der Waals surface area contributed by atoms with Gasteiger partial charge in [0.05, 0.1) is 5.39 Å². The number of carbonyl (C=O) groups is 1. The van der Waals surface area contributed by atoms with E-state index in [2.05, 4.69) is 19.2 Å². The highest BCUT2D eigenvalue weighted by Gasteiger charge is 2.27. The number of aryl methyl sites for hydroxylation is 4. The van der Waals surface area contributed by atoms with Gasteiger partial charge in [0.15, 0.2) is 0 Å². The van der Waals surface area contributed by atoms with Gasteiger partial charge in [0.25, 0.3) is 5.56 Å². The summed E-state index contributed by atoms with van der Waals surface area (Å²) in [4.78, 5) is 33.5. The molecule has 4 rings (SSSR count). The molecule has 6 heteroatoms. The van der Waals surface area contributed by atoms with Crippen LogP contribution in [0.4, 0.5) is 5.69 Å². The Kier molecular flexibility index (Phi) is 5.53. The zero-order chi connectivity index (χ0) is 21.6. The Bertz CT molecular complexity index is 1190. The molecule has 2 unspecified atom stereocenters. The number of hydrogen-bond acceptors (Lipinski definition) is 4. The van der Waals surface area contributed by atoms with Crippen LogP contribution in [0.15, 0.2) is 23.0 Å². The Morgan fingerprint density at radius 2 is 2.13 bits per heavy atom. The van der Waals surface area contributed by atoms with Crippen LogP contribution >= 0.6 is 11.3 Å². The molecule has 1 aliphatic carbocycles. The van der Waals surface area contributed by atoms with Crippen LogP contribution in [-0.4, -0.2) is 15.5 Å². The number of fused-ring (bicyclic) bond motifs is 3. The summed E-state index contributed by atoms with van der Waals surface area (Å²) in [5, 5.41) is 3.79. The zero-order valence-corrected chi connectivity index (χ0v) is 19.2. The van der Waals surface area contributed by atoms with Gasteiger partial charge in [-0.25, -0.2) is 4.98 Å². The molecule has 1 N–H and O–H groups in total. The molecular weight excluding hydrogens is 394 g/mol. The predicted molar refractivity (Wildman–Crippen MR) is 124 cm³/mol. The standard InChI is InChI=1S/C24H29N3O2S/c1-6-17-9-7-8-14(3)21(17)26-22(28)15(4)27-16(5)25-23-20(24(27)29)18-11-10-13(2)12-19(18)30-23/h7-9,13,15H,6,10-12H2,1-5H3,(H,26,28). The Morgan fingerprint density at radius 1 is 1.37 bits per heavy atom. The van der Waals surface area contributed by atoms with Gasteiger partial charge in [0, 0.05) is 10.6 Å².